The molecule has 1 atom stereocenters. The maximum absolute atomic E-state index is 12.2. The first-order valence-electron chi connectivity index (χ1n) is 7.67. The van der Waals surface area contributed by atoms with E-state index in [0.717, 1.165) is 10.0 Å². The van der Waals surface area contributed by atoms with Crippen molar-refractivity contribution in [3.8, 4) is 0 Å². The lowest BCUT2D eigenvalue weighted by Crippen LogP contribution is -2.49. The van der Waals surface area contributed by atoms with E-state index in [-0.39, 0.29) is 6.54 Å². The first-order valence-corrected chi connectivity index (χ1v) is 8.46. The van der Waals surface area contributed by atoms with Crippen LogP contribution in [-0.4, -0.2) is 30.8 Å². The largest absolute Gasteiger partial charge is 0.348 e. The number of benzene rings is 2. The molecule has 0 saturated heterocycles. The fraction of sp³-hybridized carbons (Fsp3) is 0.167. The lowest BCUT2D eigenvalue weighted by atomic mass is 10.1. The van der Waals surface area contributed by atoms with E-state index in [2.05, 4.69) is 31.9 Å². The number of nitrogens with one attached hydrogen (secondary N) is 3. The molecule has 3 amide bonds. The van der Waals surface area contributed by atoms with Crippen molar-refractivity contribution >= 4 is 39.8 Å². The van der Waals surface area contributed by atoms with Crippen LogP contribution in [0.5, 0.6) is 0 Å². The van der Waals surface area contributed by atoms with E-state index in [4.69, 9.17) is 0 Å². The second kappa shape index (κ2) is 9.58. The molecular weight excluding hydrogens is 386 g/mol. The van der Waals surface area contributed by atoms with E-state index in [9.17, 15) is 14.4 Å². The van der Waals surface area contributed by atoms with Crippen molar-refractivity contribution in [3.63, 3.8) is 0 Å². The predicted molar refractivity (Wildman–Crippen MR) is 99.3 cm³/mol. The van der Waals surface area contributed by atoms with Crippen molar-refractivity contribution < 1.29 is 14.4 Å². The maximum atomic E-state index is 12.2. The van der Waals surface area contributed by atoms with Crippen molar-refractivity contribution in [1.29, 1.82) is 0 Å². The average Bonchev–Trinajstić information content (AvgIpc) is 2.62. The molecule has 0 saturated carbocycles. The summed E-state index contributed by atoms with van der Waals surface area (Å²) in [6, 6.07) is 15.1. The minimum atomic E-state index is -0.794. The third kappa shape index (κ3) is 6.39. The summed E-state index contributed by atoms with van der Waals surface area (Å²) >= 11 is 3.32. The van der Waals surface area contributed by atoms with E-state index in [1.165, 1.54) is 0 Å². The molecule has 0 aliphatic rings. The second-order valence-electron chi connectivity index (χ2n) is 5.26. The highest BCUT2D eigenvalue weighted by Gasteiger charge is 2.21. The number of amides is 3. The van der Waals surface area contributed by atoms with Gasteiger partial charge < -0.3 is 20.7 Å². The van der Waals surface area contributed by atoms with Crippen LogP contribution in [-0.2, 0) is 16.0 Å². The number of rotatable bonds is 7. The van der Waals surface area contributed by atoms with Gasteiger partial charge in [-0.3, -0.25) is 4.79 Å². The zero-order valence-corrected chi connectivity index (χ0v) is 15.0. The molecule has 0 spiro atoms. The molecule has 1 unspecified atom stereocenters. The molecular formula is C18H18BrN3O3. The molecule has 0 bridgehead atoms. The zero-order valence-electron chi connectivity index (χ0n) is 13.4. The third-order valence-electron chi connectivity index (χ3n) is 3.37. The molecule has 0 aromatic heterocycles. The number of carbonyl (C=O) groups excluding carboxylic acids is 3. The molecule has 0 fully saturated rings. The van der Waals surface area contributed by atoms with Gasteiger partial charge in [0.05, 0.1) is 6.54 Å². The monoisotopic (exact) mass is 403 g/mol. The summed E-state index contributed by atoms with van der Waals surface area (Å²) in [5, 5.41) is 7.80. The quantitative estimate of drug-likeness (QED) is 0.620. The molecule has 25 heavy (non-hydrogen) atoms. The van der Waals surface area contributed by atoms with Gasteiger partial charge in [0, 0.05) is 16.6 Å². The number of hydrogen-bond donors (Lipinski definition) is 3. The first-order chi connectivity index (χ1) is 12.1. The topological polar surface area (TPSA) is 87.3 Å². The Morgan fingerprint density at radius 3 is 2.36 bits per heavy atom. The number of hydrogen-bond acceptors (Lipinski definition) is 3. The highest BCUT2D eigenvalue weighted by atomic mass is 79.9. The Balaban J connectivity index is 2.03. The van der Waals surface area contributed by atoms with Crippen molar-refractivity contribution in [3.05, 3.63) is 64.6 Å². The Kier molecular flexibility index (Phi) is 7.16. The van der Waals surface area contributed by atoms with Gasteiger partial charge in [-0.15, -0.1) is 0 Å². The lowest BCUT2D eigenvalue weighted by Gasteiger charge is -2.18. The normalized spacial score (nSPS) is 11.2. The van der Waals surface area contributed by atoms with Gasteiger partial charge in [-0.1, -0.05) is 46.3 Å². The molecule has 2 aromatic carbocycles. The molecule has 7 heteroatoms. The van der Waals surface area contributed by atoms with Crippen molar-refractivity contribution in [1.82, 2.24) is 10.6 Å². The van der Waals surface area contributed by atoms with Gasteiger partial charge in [-0.25, -0.2) is 4.79 Å². The van der Waals surface area contributed by atoms with Gasteiger partial charge in [0.2, 0.25) is 5.91 Å². The van der Waals surface area contributed by atoms with Crippen LogP contribution in [0.25, 0.3) is 0 Å². The van der Waals surface area contributed by atoms with Crippen LogP contribution in [0.2, 0.25) is 0 Å². The minimum Gasteiger partial charge on any atom is -0.348 e. The summed E-state index contributed by atoms with van der Waals surface area (Å²) in [5.41, 5.74) is 1.50. The minimum absolute atomic E-state index is 0.0971. The Morgan fingerprint density at radius 1 is 1.04 bits per heavy atom. The predicted octanol–water partition coefficient (Wildman–Crippen LogP) is 2.50. The van der Waals surface area contributed by atoms with Gasteiger partial charge in [-0.05, 0) is 29.8 Å². The summed E-state index contributed by atoms with van der Waals surface area (Å²) in [6.07, 6.45) is 0.915. The zero-order chi connectivity index (χ0) is 18.1. The number of anilines is 1. The van der Waals surface area contributed by atoms with E-state index in [1.807, 2.05) is 30.3 Å². The number of halogens is 1. The fourth-order valence-corrected chi connectivity index (χ4v) is 2.45. The number of urea groups is 1. The Labute approximate surface area is 154 Å². The van der Waals surface area contributed by atoms with Gasteiger partial charge in [0.25, 0.3) is 0 Å². The average molecular weight is 404 g/mol. The van der Waals surface area contributed by atoms with Crippen molar-refractivity contribution in [2.75, 3.05) is 11.9 Å². The summed E-state index contributed by atoms with van der Waals surface area (Å²) in [7, 11) is 0. The molecule has 6 nitrogen and oxygen atoms in total. The van der Waals surface area contributed by atoms with Crippen LogP contribution < -0.4 is 16.0 Å². The molecule has 0 aliphatic heterocycles. The molecule has 130 valence electrons. The smallest absolute Gasteiger partial charge is 0.319 e. The van der Waals surface area contributed by atoms with Gasteiger partial charge in [0.15, 0.2) is 0 Å². The molecule has 0 radical (unpaired) electrons. The van der Waals surface area contributed by atoms with Crippen LogP contribution in [0.3, 0.4) is 0 Å². The van der Waals surface area contributed by atoms with Crippen LogP contribution >= 0.6 is 15.9 Å². The Morgan fingerprint density at radius 2 is 1.72 bits per heavy atom. The first kappa shape index (κ1) is 18.7. The number of aldehydes is 1. The maximum Gasteiger partial charge on any atom is 0.319 e. The molecule has 2 aromatic rings. The van der Waals surface area contributed by atoms with E-state index < -0.39 is 18.0 Å². The lowest BCUT2D eigenvalue weighted by molar-refractivity contribution is -0.124. The second-order valence-corrected chi connectivity index (χ2v) is 6.18. The van der Waals surface area contributed by atoms with Crippen molar-refractivity contribution in [2.24, 2.45) is 0 Å². The molecule has 3 N–H and O–H groups in total. The summed E-state index contributed by atoms with van der Waals surface area (Å²) in [5.74, 6) is -0.415. The van der Waals surface area contributed by atoms with Crippen LogP contribution in [0, 0.1) is 0 Å². The molecule has 2 rings (SSSR count). The van der Waals surface area contributed by atoms with E-state index in [0.29, 0.717) is 18.4 Å². The standard InChI is InChI=1S/C18H18BrN3O3/c19-14-6-8-15(9-7-14)21-18(25)22-16(17(24)20-10-11-23)12-13-4-2-1-3-5-13/h1-9,11,16H,10,12H2,(H,20,24)(H2,21,22,25). The Bertz CT molecular complexity index is 720. The highest BCUT2D eigenvalue weighted by molar-refractivity contribution is 9.10. The van der Waals surface area contributed by atoms with Crippen LogP contribution in [0.1, 0.15) is 5.56 Å². The highest BCUT2D eigenvalue weighted by Crippen LogP contribution is 2.14. The summed E-state index contributed by atoms with van der Waals surface area (Å²) in [4.78, 5) is 34.9. The van der Waals surface area contributed by atoms with Gasteiger partial charge >= 0.3 is 6.03 Å². The van der Waals surface area contributed by atoms with Gasteiger partial charge in [-0.2, -0.15) is 0 Å². The Hall–Kier alpha value is -2.67. The molecule has 0 heterocycles. The summed E-state index contributed by atoms with van der Waals surface area (Å²) in [6.45, 7) is -0.0971. The van der Waals surface area contributed by atoms with E-state index in [1.54, 1.807) is 24.3 Å². The van der Waals surface area contributed by atoms with Gasteiger partial charge in [0.1, 0.15) is 12.3 Å². The third-order valence-corrected chi connectivity index (χ3v) is 3.89. The van der Waals surface area contributed by atoms with Crippen LogP contribution in [0.15, 0.2) is 59.1 Å². The van der Waals surface area contributed by atoms with E-state index >= 15 is 0 Å². The van der Waals surface area contributed by atoms with Crippen molar-refractivity contribution in [2.45, 2.75) is 12.5 Å². The number of carbonyl (C=O) groups is 3. The summed E-state index contributed by atoms with van der Waals surface area (Å²) < 4.78 is 0.897. The fourth-order valence-electron chi connectivity index (χ4n) is 2.18. The SMILES string of the molecule is O=CCNC(=O)C(Cc1ccccc1)NC(=O)Nc1ccc(Br)cc1. The van der Waals surface area contributed by atoms with Crippen LogP contribution in [0.4, 0.5) is 10.5 Å². The molecule has 0 aliphatic carbocycles.